The van der Waals surface area contributed by atoms with Crippen LogP contribution in [-0.2, 0) is 23.7 Å². The average Bonchev–Trinajstić information content (AvgIpc) is 2.74. The topological polar surface area (TPSA) is 104 Å². The second-order valence-corrected chi connectivity index (χ2v) is 6.05. The minimum absolute atomic E-state index is 0.191. The van der Waals surface area contributed by atoms with Gasteiger partial charge in [0.1, 0.15) is 12.4 Å². The van der Waals surface area contributed by atoms with Crippen molar-refractivity contribution in [2.45, 2.75) is 6.92 Å². The van der Waals surface area contributed by atoms with Crippen LogP contribution in [0.1, 0.15) is 15.9 Å². The van der Waals surface area contributed by atoms with Crippen molar-refractivity contribution in [1.82, 2.24) is 10.6 Å². The van der Waals surface area contributed by atoms with Gasteiger partial charge in [-0.15, -0.1) is 0 Å². The summed E-state index contributed by atoms with van der Waals surface area (Å²) in [7, 11) is 1.49. The third kappa shape index (κ3) is 12.3. The van der Waals surface area contributed by atoms with Gasteiger partial charge in [-0.25, -0.2) is 9.18 Å². The predicted molar refractivity (Wildman–Crippen MR) is 107 cm³/mol. The van der Waals surface area contributed by atoms with Gasteiger partial charge < -0.3 is 34.3 Å². The molecule has 10 heteroatoms. The SMILES string of the molecule is CNC(=O)OCCOCCOCCOCCOCCNC(=O)c1cc(F)ccc1C. The first-order chi connectivity index (χ1) is 14.5. The van der Waals surface area contributed by atoms with Crippen LogP contribution in [-0.4, -0.2) is 85.1 Å². The highest BCUT2D eigenvalue weighted by Gasteiger charge is 2.09. The van der Waals surface area contributed by atoms with Crippen molar-refractivity contribution in [1.29, 1.82) is 0 Å². The normalized spacial score (nSPS) is 10.6. The number of alkyl carbamates (subject to hydrolysis) is 1. The van der Waals surface area contributed by atoms with Crippen LogP contribution in [0.4, 0.5) is 9.18 Å². The van der Waals surface area contributed by atoms with Gasteiger partial charge in [0.2, 0.25) is 0 Å². The highest BCUT2D eigenvalue weighted by Crippen LogP contribution is 2.09. The molecule has 2 amide bonds. The minimum atomic E-state index is -0.486. The molecule has 9 nitrogen and oxygen atoms in total. The van der Waals surface area contributed by atoms with Crippen LogP contribution in [0, 0.1) is 12.7 Å². The van der Waals surface area contributed by atoms with Crippen LogP contribution < -0.4 is 10.6 Å². The lowest BCUT2D eigenvalue weighted by atomic mass is 10.1. The van der Waals surface area contributed by atoms with Gasteiger partial charge >= 0.3 is 6.09 Å². The molecule has 0 aromatic heterocycles. The molecule has 0 atom stereocenters. The third-order valence-corrected chi connectivity index (χ3v) is 3.76. The summed E-state index contributed by atoms with van der Waals surface area (Å²) in [5.41, 5.74) is 1.04. The molecule has 0 aliphatic carbocycles. The molecule has 0 aliphatic rings. The molecule has 0 bridgehead atoms. The largest absolute Gasteiger partial charge is 0.447 e. The molecule has 1 aromatic carbocycles. The number of hydrogen-bond donors (Lipinski definition) is 2. The lowest BCUT2D eigenvalue weighted by Crippen LogP contribution is -2.28. The van der Waals surface area contributed by atoms with Crippen LogP contribution in [0.2, 0.25) is 0 Å². The Labute approximate surface area is 176 Å². The van der Waals surface area contributed by atoms with Crippen molar-refractivity contribution in [3.63, 3.8) is 0 Å². The summed E-state index contributed by atoms with van der Waals surface area (Å²) in [6.45, 7) is 5.41. The number of carbonyl (C=O) groups is 2. The number of halogens is 1. The summed E-state index contributed by atoms with van der Waals surface area (Å²) in [5.74, 6) is -0.768. The molecular formula is C20H31FN2O7. The Morgan fingerprint density at radius 3 is 1.97 bits per heavy atom. The number of aryl methyl sites for hydroxylation is 1. The third-order valence-electron chi connectivity index (χ3n) is 3.76. The fourth-order valence-corrected chi connectivity index (χ4v) is 2.20. The molecular weight excluding hydrogens is 399 g/mol. The first-order valence-electron chi connectivity index (χ1n) is 9.74. The Kier molecular flexibility index (Phi) is 14.2. The van der Waals surface area contributed by atoms with E-state index in [0.29, 0.717) is 70.5 Å². The van der Waals surface area contributed by atoms with E-state index >= 15 is 0 Å². The van der Waals surface area contributed by atoms with Gasteiger partial charge in [0.05, 0.1) is 52.9 Å². The van der Waals surface area contributed by atoms with E-state index < -0.39 is 11.9 Å². The van der Waals surface area contributed by atoms with E-state index in [2.05, 4.69) is 10.6 Å². The van der Waals surface area contributed by atoms with Gasteiger partial charge in [-0.1, -0.05) is 6.07 Å². The fourth-order valence-electron chi connectivity index (χ4n) is 2.20. The van der Waals surface area contributed by atoms with Crippen molar-refractivity contribution >= 4 is 12.0 Å². The monoisotopic (exact) mass is 430 g/mol. The van der Waals surface area contributed by atoms with Crippen LogP contribution in [0.5, 0.6) is 0 Å². The molecule has 0 aliphatic heterocycles. The smallest absolute Gasteiger partial charge is 0.406 e. The van der Waals surface area contributed by atoms with Crippen LogP contribution in [0.25, 0.3) is 0 Å². The number of benzene rings is 1. The number of amides is 2. The summed E-state index contributed by atoms with van der Waals surface area (Å²) in [5, 5.41) is 5.02. The summed E-state index contributed by atoms with van der Waals surface area (Å²) in [6, 6.07) is 4.11. The summed E-state index contributed by atoms with van der Waals surface area (Å²) in [4.78, 5) is 22.8. The second kappa shape index (κ2) is 16.5. The first kappa shape index (κ1) is 25.8. The van der Waals surface area contributed by atoms with Crippen molar-refractivity contribution < 1.29 is 37.7 Å². The fraction of sp³-hybridized carbons (Fsp3) is 0.600. The van der Waals surface area contributed by atoms with E-state index in [4.69, 9.17) is 23.7 Å². The first-order valence-corrected chi connectivity index (χ1v) is 9.74. The molecule has 1 rings (SSSR count). The van der Waals surface area contributed by atoms with E-state index in [1.165, 1.54) is 19.2 Å². The van der Waals surface area contributed by atoms with E-state index in [-0.39, 0.29) is 12.5 Å². The molecule has 0 radical (unpaired) electrons. The van der Waals surface area contributed by atoms with Crippen molar-refractivity contribution in [2.75, 3.05) is 73.1 Å². The van der Waals surface area contributed by atoms with E-state index in [1.54, 1.807) is 13.0 Å². The van der Waals surface area contributed by atoms with E-state index in [0.717, 1.165) is 0 Å². The maximum Gasteiger partial charge on any atom is 0.406 e. The molecule has 1 aromatic rings. The van der Waals surface area contributed by atoms with Crippen LogP contribution in [0.3, 0.4) is 0 Å². The summed E-state index contributed by atoms with van der Waals surface area (Å²) in [6.07, 6.45) is -0.486. The Bertz CT molecular complexity index is 631. The molecule has 0 saturated carbocycles. The Morgan fingerprint density at radius 2 is 1.40 bits per heavy atom. The van der Waals surface area contributed by atoms with Gasteiger partial charge in [-0.3, -0.25) is 4.79 Å². The number of hydrogen-bond acceptors (Lipinski definition) is 7. The molecule has 0 heterocycles. The zero-order valence-corrected chi connectivity index (χ0v) is 17.5. The maximum atomic E-state index is 13.2. The van der Waals surface area contributed by atoms with Gasteiger partial charge in [0, 0.05) is 19.2 Å². The Morgan fingerprint density at radius 1 is 0.867 bits per heavy atom. The number of rotatable bonds is 16. The Balaban J connectivity index is 1.85. The highest BCUT2D eigenvalue weighted by atomic mass is 19.1. The molecule has 2 N–H and O–H groups in total. The number of ether oxygens (including phenoxy) is 5. The maximum absolute atomic E-state index is 13.2. The molecule has 0 spiro atoms. The van der Waals surface area contributed by atoms with Crippen LogP contribution >= 0.6 is 0 Å². The van der Waals surface area contributed by atoms with Crippen molar-refractivity contribution in [3.8, 4) is 0 Å². The lowest BCUT2D eigenvalue weighted by Gasteiger charge is -2.09. The van der Waals surface area contributed by atoms with E-state index in [1.807, 2.05) is 0 Å². The number of nitrogens with one attached hydrogen (secondary N) is 2. The second-order valence-electron chi connectivity index (χ2n) is 6.05. The molecule has 0 unspecified atom stereocenters. The predicted octanol–water partition coefficient (Wildman–Crippen LogP) is 1.29. The van der Waals surface area contributed by atoms with Gasteiger partial charge in [-0.2, -0.15) is 0 Å². The van der Waals surface area contributed by atoms with Crippen LogP contribution in [0.15, 0.2) is 18.2 Å². The lowest BCUT2D eigenvalue weighted by molar-refractivity contribution is -0.00612. The number of carbonyl (C=O) groups excluding carboxylic acids is 2. The molecule has 0 fully saturated rings. The minimum Gasteiger partial charge on any atom is -0.447 e. The quantitative estimate of drug-likeness (QED) is 0.381. The van der Waals surface area contributed by atoms with Gasteiger partial charge in [0.25, 0.3) is 5.91 Å². The van der Waals surface area contributed by atoms with Crippen molar-refractivity contribution in [2.24, 2.45) is 0 Å². The average molecular weight is 430 g/mol. The molecule has 170 valence electrons. The standard InChI is InChI=1S/C20H31FN2O7/c1-16-3-4-17(21)15-18(16)19(24)23-5-6-26-7-8-27-9-10-28-11-12-29-13-14-30-20(25)22-2/h3-4,15H,5-14H2,1-2H3,(H,22,25)(H,23,24). The van der Waals surface area contributed by atoms with E-state index in [9.17, 15) is 14.0 Å². The molecule has 30 heavy (non-hydrogen) atoms. The van der Waals surface area contributed by atoms with Gasteiger partial charge in [-0.05, 0) is 24.6 Å². The van der Waals surface area contributed by atoms with Gasteiger partial charge in [0.15, 0.2) is 0 Å². The summed E-state index contributed by atoms with van der Waals surface area (Å²) >= 11 is 0. The van der Waals surface area contributed by atoms with Crippen molar-refractivity contribution in [3.05, 3.63) is 35.1 Å². The zero-order valence-electron chi connectivity index (χ0n) is 17.5. The molecule has 0 saturated heterocycles. The zero-order chi connectivity index (χ0) is 22.0. The highest BCUT2D eigenvalue weighted by molar-refractivity contribution is 5.95. The Hall–Kier alpha value is -2.27. The summed E-state index contributed by atoms with van der Waals surface area (Å²) < 4.78 is 39.3.